The summed E-state index contributed by atoms with van der Waals surface area (Å²) in [6.45, 7) is 0. The average molecular weight is 357 g/mol. The Bertz CT molecular complexity index is 432. The van der Waals surface area contributed by atoms with Gasteiger partial charge < -0.3 is 9.84 Å². The predicted molar refractivity (Wildman–Crippen MR) is 89.8 cm³/mol. The van der Waals surface area contributed by atoms with Gasteiger partial charge in [0.05, 0.1) is 7.11 Å². The molecule has 1 aromatic rings. The van der Waals surface area contributed by atoms with Crippen LogP contribution in [-0.2, 0) is 6.42 Å². The van der Waals surface area contributed by atoms with Crippen LogP contribution >= 0.6 is 15.9 Å². The Morgan fingerprint density at radius 3 is 2.29 bits per heavy atom. The van der Waals surface area contributed by atoms with E-state index in [0.717, 1.165) is 30.2 Å². The highest BCUT2D eigenvalue weighted by molar-refractivity contribution is 9.09. The minimum Gasteiger partial charge on any atom is -0.496 e. The Morgan fingerprint density at radius 1 is 1.10 bits per heavy atom. The van der Waals surface area contributed by atoms with Gasteiger partial charge in [-0.1, -0.05) is 60.2 Å². The zero-order valence-electron chi connectivity index (χ0n) is 12.7. The van der Waals surface area contributed by atoms with E-state index in [1.807, 2.05) is 12.1 Å². The Labute approximate surface area is 135 Å². The second kappa shape index (κ2) is 10.7. The molecule has 0 heterocycles. The van der Waals surface area contributed by atoms with E-state index < -0.39 is 5.97 Å². The molecule has 0 atom stereocenters. The summed E-state index contributed by atoms with van der Waals surface area (Å²) in [6.07, 6.45) is 9.35. The summed E-state index contributed by atoms with van der Waals surface area (Å²) >= 11 is 3.44. The van der Waals surface area contributed by atoms with Gasteiger partial charge in [0.1, 0.15) is 11.3 Å². The lowest BCUT2D eigenvalue weighted by Gasteiger charge is -2.10. The van der Waals surface area contributed by atoms with E-state index in [1.165, 1.54) is 39.2 Å². The molecule has 4 heteroatoms. The first-order valence-corrected chi connectivity index (χ1v) is 8.78. The van der Waals surface area contributed by atoms with Crippen molar-refractivity contribution in [2.75, 3.05) is 12.4 Å². The van der Waals surface area contributed by atoms with E-state index in [9.17, 15) is 9.90 Å². The van der Waals surface area contributed by atoms with Crippen molar-refractivity contribution < 1.29 is 14.6 Å². The summed E-state index contributed by atoms with van der Waals surface area (Å²) in [5.41, 5.74) is 1.19. The summed E-state index contributed by atoms with van der Waals surface area (Å²) < 4.78 is 5.15. The van der Waals surface area contributed by atoms with E-state index in [-0.39, 0.29) is 0 Å². The van der Waals surface area contributed by atoms with Gasteiger partial charge >= 0.3 is 5.97 Å². The van der Waals surface area contributed by atoms with Crippen LogP contribution in [-0.4, -0.2) is 23.5 Å². The lowest BCUT2D eigenvalue weighted by atomic mass is 9.99. The Balaban J connectivity index is 2.37. The molecular weight excluding hydrogens is 332 g/mol. The van der Waals surface area contributed by atoms with E-state index in [2.05, 4.69) is 15.9 Å². The number of aryl methyl sites for hydroxylation is 1. The molecule has 21 heavy (non-hydrogen) atoms. The number of unbranched alkanes of at least 4 members (excludes halogenated alkanes) is 6. The molecule has 118 valence electrons. The molecule has 0 bridgehead atoms. The Hall–Kier alpha value is -1.03. The van der Waals surface area contributed by atoms with Crippen LogP contribution in [0.25, 0.3) is 0 Å². The fourth-order valence-corrected chi connectivity index (χ4v) is 2.89. The van der Waals surface area contributed by atoms with E-state index in [4.69, 9.17) is 4.74 Å². The maximum atomic E-state index is 11.4. The third-order valence-electron chi connectivity index (χ3n) is 3.63. The van der Waals surface area contributed by atoms with Crippen LogP contribution in [0.1, 0.15) is 60.9 Å². The minimum absolute atomic E-state index is 0.317. The highest BCUT2D eigenvalue weighted by Gasteiger charge is 2.15. The van der Waals surface area contributed by atoms with Crippen LogP contribution in [0.5, 0.6) is 5.75 Å². The number of alkyl halides is 1. The number of aromatic carboxylic acids is 1. The van der Waals surface area contributed by atoms with Crippen molar-refractivity contribution in [2.24, 2.45) is 0 Å². The lowest BCUT2D eigenvalue weighted by molar-refractivity contribution is 0.0692. The third-order valence-corrected chi connectivity index (χ3v) is 4.19. The number of carbonyl (C=O) groups is 1. The maximum Gasteiger partial charge on any atom is 0.339 e. The van der Waals surface area contributed by atoms with Crippen LogP contribution in [0, 0.1) is 0 Å². The molecule has 0 amide bonds. The standard InChI is InChI=1S/C17H25BrO3/c1-21-15-12-9-11-14(16(15)17(19)20)10-7-5-3-2-4-6-8-13-18/h9,11-12H,2-8,10,13H2,1H3,(H,19,20). The number of hydrogen-bond acceptors (Lipinski definition) is 2. The number of rotatable bonds is 11. The molecule has 0 spiro atoms. The van der Waals surface area contributed by atoms with Gasteiger partial charge in [0.25, 0.3) is 0 Å². The summed E-state index contributed by atoms with van der Waals surface area (Å²) in [5.74, 6) is -0.452. The van der Waals surface area contributed by atoms with Gasteiger partial charge in [-0.25, -0.2) is 4.79 Å². The van der Waals surface area contributed by atoms with Crippen molar-refractivity contribution in [2.45, 2.75) is 51.4 Å². The van der Waals surface area contributed by atoms with Gasteiger partial charge in [-0.3, -0.25) is 0 Å². The fraction of sp³-hybridized carbons (Fsp3) is 0.588. The summed E-state index contributed by atoms with van der Waals surface area (Å²) in [5, 5.41) is 10.4. The number of halogens is 1. The largest absolute Gasteiger partial charge is 0.496 e. The zero-order valence-corrected chi connectivity index (χ0v) is 14.3. The van der Waals surface area contributed by atoms with E-state index >= 15 is 0 Å². The first kappa shape index (κ1) is 18.0. The molecule has 0 fully saturated rings. The van der Waals surface area contributed by atoms with Crippen molar-refractivity contribution in [3.63, 3.8) is 0 Å². The van der Waals surface area contributed by atoms with Crippen molar-refractivity contribution in [3.05, 3.63) is 29.3 Å². The van der Waals surface area contributed by atoms with Crippen LogP contribution in [0.4, 0.5) is 0 Å². The van der Waals surface area contributed by atoms with Gasteiger partial charge in [0.2, 0.25) is 0 Å². The molecule has 0 aromatic heterocycles. The molecule has 0 radical (unpaired) electrons. The van der Waals surface area contributed by atoms with Crippen LogP contribution < -0.4 is 4.74 Å². The van der Waals surface area contributed by atoms with Gasteiger partial charge in [-0.05, 0) is 30.9 Å². The summed E-state index contributed by atoms with van der Waals surface area (Å²) in [4.78, 5) is 11.4. The monoisotopic (exact) mass is 356 g/mol. The van der Waals surface area contributed by atoms with Gasteiger partial charge in [-0.15, -0.1) is 0 Å². The van der Waals surface area contributed by atoms with Crippen LogP contribution in [0.15, 0.2) is 18.2 Å². The molecule has 0 aliphatic rings. The Kier molecular flexibility index (Phi) is 9.15. The number of methoxy groups -OCH3 is 1. The molecule has 0 unspecified atom stereocenters. The normalized spacial score (nSPS) is 10.6. The fourth-order valence-electron chi connectivity index (χ4n) is 2.49. The van der Waals surface area contributed by atoms with Crippen molar-refractivity contribution >= 4 is 21.9 Å². The molecular formula is C17H25BrO3. The molecule has 1 N–H and O–H groups in total. The first-order valence-electron chi connectivity index (χ1n) is 7.65. The van der Waals surface area contributed by atoms with Crippen molar-refractivity contribution in [1.29, 1.82) is 0 Å². The topological polar surface area (TPSA) is 46.5 Å². The lowest BCUT2D eigenvalue weighted by Crippen LogP contribution is -2.05. The molecule has 0 aliphatic carbocycles. The summed E-state index contributed by atoms with van der Waals surface area (Å²) in [7, 11) is 1.51. The quantitative estimate of drug-likeness (QED) is 0.445. The molecule has 1 aromatic carbocycles. The second-order valence-electron chi connectivity index (χ2n) is 5.21. The number of ether oxygens (including phenoxy) is 1. The third kappa shape index (κ3) is 6.51. The molecule has 0 aliphatic heterocycles. The SMILES string of the molecule is COc1cccc(CCCCCCCCCBr)c1C(=O)O. The molecule has 3 nitrogen and oxygen atoms in total. The Morgan fingerprint density at radius 2 is 1.71 bits per heavy atom. The van der Waals surface area contributed by atoms with Crippen molar-refractivity contribution in [1.82, 2.24) is 0 Å². The van der Waals surface area contributed by atoms with Crippen LogP contribution in [0.3, 0.4) is 0 Å². The smallest absolute Gasteiger partial charge is 0.339 e. The molecule has 0 saturated heterocycles. The van der Waals surface area contributed by atoms with Gasteiger partial charge in [0.15, 0.2) is 0 Å². The summed E-state index contributed by atoms with van der Waals surface area (Å²) in [6, 6.07) is 5.46. The maximum absolute atomic E-state index is 11.4. The first-order chi connectivity index (χ1) is 10.2. The molecule has 1 rings (SSSR count). The van der Waals surface area contributed by atoms with Gasteiger partial charge in [-0.2, -0.15) is 0 Å². The zero-order chi connectivity index (χ0) is 15.5. The predicted octanol–water partition coefficient (Wildman–Crippen LogP) is 5.06. The highest BCUT2D eigenvalue weighted by Crippen LogP contribution is 2.24. The van der Waals surface area contributed by atoms with E-state index in [0.29, 0.717) is 11.3 Å². The molecule has 0 saturated carbocycles. The van der Waals surface area contributed by atoms with E-state index in [1.54, 1.807) is 6.07 Å². The number of carboxylic acid groups (broad SMARTS) is 1. The minimum atomic E-state index is -0.905. The number of benzene rings is 1. The highest BCUT2D eigenvalue weighted by atomic mass is 79.9. The van der Waals surface area contributed by atoms with Crippen LogP contribution in [0.2, 0.25) is 0 Å². The number of carboxylic acids is 1. The number of hydrogen-bond donors (Lipinski definition) is 1. The van der Waals surface area contributed by atoms with Gasteiger partial charge in [0, 0.05) is 5.33 Å². The average Bonchev–Trinajstić information content (AvgIpc) is 2.49. The van der Waals surface area contributed by atoms with Crippen molar-refractivity contribution in [3.8, 4) is 5.75 Å². The second-order valence-corrected chi connectivity index (χ2v) is 6.01.